The summed E-state index contributed by atoms with van der Waals surface area (Å²) in [5.41, 5.74) is 2.68. The number of rotatable bonds is 4. The van der Waals surface area contributed by atoms with Crippen LogP contribution in [0.25, 0.3) is 0 Å². The van der Waals surface area contributed by atoms with Crippen LogP contribution in [0.4, 0.5) is 0 Å². The maximum Gasteiger partial charge on any atom is 0.222 e. The van der Waals surface area contributed by atoms with Gasteiger partial charge in [0.05, 0.1) is 0 Å². The van der Waals surface area contributed by atoms with Gasteiger partial charge in [-0.25, -0.2) is 0 Å². The molecule has 1 amide bonds. The molecule has 114 valence electrons. The number of carbonyl (C=O) groups is 1. The molecule has 4 nitrogen and oxygen atoms in total. The third kappa shape index (κ3) is 3.44. The van der Waals surface area contributed by atoms with Gasteiger partial charge >= 0.3 is 0 Å². The fraction of sp³-hybridized carbons (Fsp3) is 0.588. The smallest absolute Gasteiger partial charge is 0.222 e. The molecule has 1 atom stereocenters. The van der Waals surface area contributed by atoms with E-state index in [0.717, 1.165) is 45.4 Å². The molecule has 2 aliphatic heterocycles. The highest BCUT2D eigenvalue weighted by Crippen LogP contribution is 2.21. The molecule has 2 heterocycles. The monoisotopic (exact) mass is 288 g/mol. The van der Waals surface area contributed by atoms with Gasteiger partial charge in [-0.2, -0.15) is 0 Å². The van der Waals surface area contributed by atoms with Crippen molar-refractivity contribution >= 4 is 5.91 Å². The van der Waals surface area contributed by atoms with Gasteiger partial charge < -0.3 is 10.0 Å². The van der Waals surface area contributed by atoms with E-state index < -0.39 is 6.23 Å². The van der Waals surface area contributed by atoms with Crippen LogP contribution in [-0.2, 0) is 17.8 Å². The molecule has 1 unspecified atom stereocenters. The average molecular weight is 288 g/mol. The minimum Gasteiger partial charge on any atom is -0.378 e. The largest absolute Gasteiger partial charge is 0.378 e. The van der Waals surface area contributed by atoms with Crippen molar-refractivity contribution in [3.05, 3.63) is 35.4 Å². The molecule has 3 rings (SSSR count). The minimum atomic E-state index is -0.509. The molecule has 2 aliphatic rings. The lowest BCUT2D eigenvalue weighted by Crippen LogP contribution is -2.40. The Labute approximate surface area is 126 Å². The molecule has 0 bridgehead atoms. The van der Waals surface area contributed by atoms with Crippen molar-refractivity contribution < 1.29 is 9.90 Å². The predicted molar refractivity (Wildman–Crippen MR) is 81.6 cm³/mol. The maximum atomic E-state index is 12.0. The second-order valence-electron chi connectivity index (χ2n) is 6.10. The van der Waals surface area contributed by atoms with Crippen molar-refractivity contribution in [2.75, 3.05) is 19.6 Å². The van der Waals surface area contributed by atoms with Crippen molar-refractivity contribution in [2.45, 2.75) is 44.9 Å². The molecule has 1 aromatic rings. The average Bonchev–Trinajstić information content (AvgIpc) is 3.06. The SMILES string of the molecule is O=C(CCC(O)N1CCc2ccccc2C1)N1CCCC1. The highest BCUT2D eigenvalue weighted by atomic mass is 16.3. The first-order chi connectivity index (χ1) is 10.2. The van der Waals surface area contributed by atoms with E-state index in [2.05, 4.69) is 23.1 Å². The third-order valence-electron chi connectivity index (χ3n) is 4.66. The molecule has 1 N–H and O–H groups in total. The van der Waals surface area contributed by atoms with Gasteiger partial charge in [0.2, 0.25) is 5.91 Å². The quantitative estimate of drug-likeness (QED) is 0.918. The van der Waals surface area contributed by atoms with Crippen molar-refractivity contribution in [2.24, 2.45) is 0 Å². The molecule has 1 saturated heterocycles. The van der Waals surface area contributed by atoms with E-state index in [0.29, 0.717) is 12.8 Å². The van der Waals surface area contributed by atoms with Gasteiger partial charge in [-0.15, -0.1) is 0 Å². The number of hydrogen-bond donors (Lipinski definition) is 1. The Hall–Kier alpha value is -1.39. The normalized spacial score (nSPS) is 20.3. The number of benzene rings is 1. The molecule has 0 spiro atoms. The van der Waals surface area contributed by atoms with E-state index in [1.54, 1.807) is 0 Å². The predicted octanol–water partition coefficient (Wildman–Crippen LogP) is 1.77. The number of aliphatic hydroxyl groups is 1. The molecule has 0 saturated carbocycles. The van der Waals surface area contributed by atoms with Crippen molar-refractivity contribution in [1.82, 2.24) is 9.80 Å². The van der Waals surface area contributed by atoms with Gasteiger partial charge in [0.1, 0.15) is 6.23 Å². The molecule has 0 radical (unpaired) electrons. The summed E-state index contributed by atoms with van der Waals surface area (Å²) in [6.07, 6.45) is 3.71. The minimum absolute atomic E-state index is 0.198. The van der Waals surface area contributed by atoms with E-state index in [1.165, 1.54) is 11.1 Å². The first-order valence-electron chi connectivity index (χ1n) is 8.01. The van der Waals surface area contributed by atoms with Crippen LogP contribution in [0.3, 0.4) is 0 Å². The highest BCUT2D eigenvalue weighted by Gasteiger charge is 2.24. The number of aliphatic hydroxyl groups excluding tert-OH is 1. The second kappa shape index (κ2) is 6.58. The lowest BCUT2D eigenvalue weighted by Gasteiger charge is -2.32. The van der Waals surface area contributed by atoms with Gasteiger partial charge in [0.25, 0.3) is 0 Å². The van der Waals surface area contributed by atoms with Crippen LogP contribution in [0, 0.1) is 0 Å². The Morgan fingerprint density at radius 2 is 1.86 bits per heavy atom. The first-order valence-corrected chi connectivity index (χ1v) is 8.01. The zero-order valence-electron chi connectivity index (χ0n) is 12.5. The third-order valence-corrected chi connectivity index (χ3v) is 4.66. The molecule has 1 aromatic carbocycles. The van der Waals surface area contributed by atoms with Crippen LogP contribution < -0.4 is 0 Å². The van der Waals surface area contributed by atoms with E-state index in [4.69, 9.17) is 0 Å². The number of amides is 1. The zero-order chi connectivity index (χ0) is 14.7. The molecule has 0 aliphatic carbocycles. The summed E-state index contributed by atoms with van der Waals surface area (Å²) in [4.78, 5) is 16.0. The molecular weight excluding hydrogens is 264 g/mol. The standard InChI is InChI=1S/C17H24N2O2/c20-16(18-10-3-4-11-18)7-8-17(21)19-12-9-14-5-1-2-6-15(14)13-19/h1-2,5-6,17,21H,3-4,7-13H2. The fourth-order valence-corrected chi connectivity index (χ4v) is 3.33. The van der Waals surface area contributed by atoms with Crippen LogP contribution >= 0.6 is 0 Å². The van der Waals surface area contributed by atoms with Gasteiger partial charge in [-0.3, -0.25) is 9.69 Å². The van der Waals surface area contributed by atoms with Crippen LogP contribution in [0.2, 0.25) is 0 Å². The van der Waals surface area contributed by atoms with Gasteiger partial charge in [0.15, 0.2) is 0 Å². The number of likely N-dealkylation sites (tertiary alicyclic amines) is 1. The van der Waals surface area contributed by atoms with Crippen LogP contribution in [0.5, 0.6) is 0 Å². The molecule has 1 fully saturated rings. The van der Waals surface area contributed by atoms with E-state index in [-0.39, 0.29) is 5.91 Å². The first kappa shape index (κ1) is 14.5. The van der Waals surface area contributed by atoms with Gasteiger partial charge in [0, 0.05) is 32.6 Å². The van der Waals surface area contributed by atoms with Crippen LogP contribution in [-0.4, -0.2) is 46.7 Å². The van der Waals surface area contributed by atoms with Crippen molar-refractivity contribution in [3.63, 3.8) is 0 Å². The lowest BCUT2D eigenvalue weighted by molar-refractivity contribution is -0.131. The fourth-order valence-electron chi connectivity index (χ4n) is 3.33. The van der Waals surface area contributed by atoms with Crippen LogP contribution in [0.15, 0.2) is 24.3 Å². The number of hydrogen-bond acceptors (Lipinski definition) is 3. The van der Waals surface area contributed by atoms with Crippen molar-refractivity contribution in [3.8, 4) is 0 Å². The maximum absolute atomic E-state index is 12.0. The summed E-state index contributed by atoms with van der Waals surface area (Å²) in [7, 11) is 0. The Morgan fingerprint density at radius 3 is 2.62 bits per heavy atom. The Kier molecular flexibility index (Phi) is 4.56. The number of fused-ring (bicyclic) bond motifs is 1. The Balaban J connectivity index is 1.50. The summed E-state index contributed by atoms with van der Waals surface area (Å²) in [6, 6.07) is 8.41. The molecule has 21 heavy (non-hydrogen) atoms. The number of carbonyl (C=O) groups excluding carboxylic acids is 1. The van der Waals surface area contributed by atoms with E-state index in [1.807, 2.05) is 11.0 Å². The number of nitrogens with zero attached hydrogens (tertiary/aromatic N) is 2. The summed E-state index contributed by atoms with van der Waals surface area (Å²) in [5, 5.41) is 10.3. The second-order valence-corrected chi connectivity index (χ2v) is 6.10. The summed E-state index contributed by atoms with van der Waals surface area (Å²) < 4.78 is 0. The topological polar surface area (TPSA) is 43.8 Å². The molecule has 4 heteroatoms. The Morgan fingerprint density at radius 1 is 1.14 bits per heavy atom. The summed E-state index contributed by atoms with van der Waals surface area (Å²) >= 11 is 0. The van der Waals surface area contributed by atoms with E-state index >= 15 is 0 Å². The molecule has 0 aromatic heterocycles. The highest BCUT2D eigenvalue weighted by molar-refractivity contribution is 5.76. The van der Waals surface area contributed by atoms with E-state index in [9.17, 15) is 9.90 Å². The zero-order valence-corrected chi connectivity index (χ0v) is 12.5. The molecular formula is C17H24N2O2. The summed E-state index contributed by atoms with van der Waals surface area (Å²) in [6.45, 7) is 3.45. The lowest BCUT2D eigenvalue weighted by atomic mass is 9.99. The van der Waals surface area contributed by atoms with Gasteiger partial charge in [-0.1, -0.05) is 24.3 Å². The Bertz CT molecular complexity index is 497. The van der Waals surface area contributed by atoms with Gasteiger partial charge in [-0.05, 0) is 36.8 Å². The van der Waals surface area contributed by atoms with Crippen molar-refractivity contribution in [1.29, 1.82) is 0 Å². The summed E-state index contributed by atoms with van der Waals surface area (Å²) in [5.74, 6) is 0.198. The van der Waals surface area contributed by atoms with Crippen LogP contribution in [0.1, 0.15) is 36.8 Å².